The first kappa shape index (κ1) is 39.3. The highest BCUT2D eigenvalue weighted by Crippen LogP contribution is 2.48. The van der Waals surface area contributed by atoms with Gasteiger partial charge in [0.2, 0.25) is 6.17 Å². The van der Waals surface area contributed by atoms with E-state index in [2.05, 4.69) is 163 Å². The van der Waals surface area contributed by atoms with Crippen LogP contribution in [0.5, 0.6) is 0 Å². The number of aliphatic hydroxyl groups excluding tert-OH is 1. The van der Waals surface area contributed by atoms with Gasteiger partial charge in [-0.15, -0.1) is 6.58 Å². The lowest BCUT2D eigenvalue weighted by atomic mass is 9.97. The maximum Gasteiger partial charge on any atom is 0.303 e. The van der Waals surface area contributed by atoms with Gasteiger partial charge in [0.05, 0.1) is 35.5 Å². The van der Waals surface area contributed by atoms with E-state index in [9.17, 15) is 5.11 Å². The van der Waals surface area contributed by atoms with E-state index in [1.807, 2.05) is 37.3 Å². The number of hydrogen-bond acceptors (Lipinski definition) is 5. The molecule has 2 aromatic rings. The number of guanidine groups is 1. The van der Waals surface area contributed by atoms with Gasteiger partial charge in [0.15, 0.2) is 0 Å². The Kier molecular flexibility index (Phi) is 12.8. The first-order valence-electron chi connectivity index (χ1n) is 19.4. The monoisotopic (exact) mass is 740 g/mol. The number of aliphatic hydroxyl groups is 1. The summed E-state index contributed by atoms with van der Waals surface area (Å²) in [4.78, 5) is 10.4. The molecule has 4 aliphatic rings. The molecular weight excluding hydrogens is 687 g/mol. The molecule has 0 saturated heterocycles. The molecule has 2 N–H and O–H groups in total. The second kappa shape index (κ2) is 18.3. The van der Waals surface area contributed by atoms with Crippen LogP contribution in [0.1, 0.15) is 46.1 Å². The smallest absolute Gasteiger partial charge is 0.303 e. The van der Waals surface area contributed by atoms with Crippen molar-refractivity contribution in [3.63, 3.8) is 0 Å². The second-order valence-corrected chi connectivity index (χ2v) is 14.1. The molecule has 0 radical (unpaired) electrons. The Balaban J connectivity index is 1.61. The van der Waals surface area contributed by atoms with Gasteiger partial charge in [-0.3, -0.25) is 4.90 Å². The van der Waals surface area contributed by atoms with Crippen molar-refractivity contribution < 1.29 is 9.68 Å². The van der Waals surface area contributed by atoms with Gasteiger partial charge in [0.1, 0.15) is 0 Å². The Labute approximate surface area is 333 Å². The molecule has 6 nitrogen and oxygen atoms in total. The SMILES string of the molecule is C=C/C=C(\C=C/C)/C=C/C(=C\C=C(/C)O)C1N=C(N2/C(=C3/C(C)C4=C(CC=CC=C4)N3c3ccccc3)Cc3ccccc32)NC(C(/C=C\CC=C)=C/C)=[N+]1C. The molecule has 0 aromatic heterocycles. The zero-order chi connectivity index (χ0) is 39.6. The molecule has 2 aromatic carbocycles. The van der Waals surface area contributed by atoms with Crippen molar-refractivity contribution in [2.75, 3.05) is 16.8 Å². The highest BCUT2D eigenvalue weighted by molar-refractivity contribution is 6.15. The molecule has 0 fully saturated rings. The molecule has 56 heavy (non-hydrogen) atoms. The molecule has 2 atom stereocenters. The third kappa shape index (κ3) is 8.30. The van der Waals surface area contributed by atoms with Crippen molar-refractivity contribution in [1.29, 1.82) is 0 Å². The molecule has 6 rings (SSSR count). The summed E-state index contributed by atoms with van der Waals surface area (Å²) in [6.07, 6.45) is 34.7. The van der Waals surface area contributed by atoms with Crippen LogP contribution in [-0.4, -0.2) is 34.7 Å². The number of nitrogens with one attached hydrogen (secondary N) is 1. The molecule has 0 bridgehead atoms. The molecule has 2 unspecified atom stereocenters. The number of rotatable bonds is 11. The van der Waals surface area contributed by atoms with Crippen LogP contribution in [0.3, 0.4) is 0 Å². The fourth-order valence-electron chi connectivity index (χ4n) is 7.69. The van der Waals surface area contributed by atoms with Gasteiger partial charge in [-0.25, -0.2) is 9.89 Å². The Hall–Kier alpha value is -6.40. The van der Waals surface area contributed by atoms with E-state index in [0.717, 1.165) is 59.2 Å². The summed E-state index contributed by atoms with van der Waals surface area (Å²) < 4.78 is 2.17. The maximum absolute atomic E-state index is 10.4. The van der Waals surface area contributed by atoms with Gasteiger partial charge in [-0.2, -0.15) is 4.99 Å². The first-order valence-corrected chi connectivity index (χ1v) is 19.4. The molecule has 1 aliphatic carbocycles. The van der Waals surface area contributed by atoms with Crippen molar-refractivity contribution in [2.45, 2.75) is 53.1 Å². The average Bonchev–Trinajstić information content (AvgIpc) is 3.59. The van der Waals surface area contributed by atoms with Crippen LogP contribution >= 0.6 is 0 Å². The number of benzene rings is 2. The minimum Gasteiger partial charge on any atom is -0.513 e. The summed E-state index contributed by atoms with van der Waals surface area (Å²) in [5, 5.41) is 14.2. The lowest BCUT2D eigenvalue weighted by Gasteiger charge is -2.32. The van der Waals surface area contributed by atoms with E-state index in [1.54, 1.807) is 19.1 Å². The number of aliphatic imine (C=N–C) groups is 1. The van der Waals surface area contributed by atoms with Crippen molar-refractivity contribution in [3.05, 3.63) is 216 Å². The largest absolute Gasteiger partial charge is 0.513 e. The van der Waals surface area contributed by atoms with Crippen LogP contribution < -0.4 is 15.1 Å². The molecular formula is C50H54N5O+. The molecule has 6 heteroatoms. The highest BCUT2D eigenvalue weighted by Gasteiger charge is 2.43. The van der Waals surface area contributed by atoms with Gasteiger partial charge in [0.25, 0.3) is 5.84 Å². The van der Waals surface area contributed by atoms with Crippen LogP contribution in [-0.2, 0) is 6.42 Å². The number of likely N-dealkylation sites (N-methyl/N-ethyl adjacent to an activating group) is 1. The topological polar surface area (TPSA) is 54.1 Å². The number of anilines is 2. The Morgan fingerprint density at radius 2 is 1.73 bits per heavy atom. The van der Waals surface area contributed by atoms with Crippen LogP contribution in [0.4, 0.5) is 11.4 Å². The van der Waals surface area contributed by atoms with E-state index in [0.29, 0.717) is 0 Å². The standard InChI is InChI=1S/C50H53N5O/c1-8-12-15-24-39(11-4)48-51-50(52-49(53(48)7)40(33-31-36(5)56)34-32-38(22-9-2)23-10-3)55-44-29-21-20-25-41(44)35-46(55)47-37(6)43-28-18-14-19-30-45(43)54(47)42-26-16-13-17-27-42/h8-11,13-29,31-34,37,49,56H,1-2,12,30,35H2,3-7H3/p+1/b23-10-,24-15-,34-32+,36-31+,38-22+,39-11+,40-33+,47-46-. The molecule has 0 saturated carbocycles. The van der Waals surface area contributed by atoms with Crippen LogP contribution in [0.15, 0.2) is 215 Å². The summed E-state index contributed by atoms with van der Waals surface area (Å²) in [6.45, 7) is 15.9. The number of nitrogens with zero attached hydrogens (tertiary/aromatic N) is 4. The van der Waals surface area contributed by atoms with Crippen LogP contribution in [0.25, 0.3) is 0 Å². The molecule has 0 amide bonds. The summed E-state index contributed by atoms with van der Waals surface area (Å²) in [6, 6.07) is 19.4. The number of allylic oxidation sites excluding steroid dienone is 18. The van der Waals surface area contributed by atoms with Gasteiger partial charge >= 0.3 is 5.96 Å². The van der Waals surface area contributed by atoms with E-state index < -0.39 is 6.17 Å². The van der Waals surface area contributed by atoms with E-state index in [1.165, 1.54) is 28.2 Å². The zero-order valence-corrected chi connectivity index (χ0v) is 33.4. The summed E-state index contributed by atoms with van der Waals surface area (Å²) >= 11 is 0. The summed E-state index contributed by atoms with van der Waals surface area (Å²) in [5.41, 5.74) is 11.5. The number of hydrogen-bond donors (Lipinski definition) is 2. The number of amidine groups is 1. The minimum absolute atomic E-state index is 0.130. The van der Waals surface area contributed by atoms with Gasteiger partial charge in [-0.1, -0.05) is 135 Å². The van der Waals surface area contributed by atoms with Crippen LogP contribution in [0.2, 0.25) is 0 Å². The van der Waals surface area contributed by atoms with Gasteiger partial charge in [-0.05, 0) is 74.3 Å². The maximum atomic E-state index is 10.4. The van der Waals surface area contributed by atoms with Crippen molar-refractivity contribution >= 4 is 23.2 Å². The van der Waals surface area contributed by atoms with Crippen LogP contribution in [0, 0.1) is 5.92 Å². The predicted octanol–water partition coefficient (Wildman–Crippen LogP) is 11.2. The van der Waals surface area contributed by atoms with Crippen molar-refractivity contribution in [1.82, 2.24) is 5.32 Å². The third-order valence-electron chi connectivity index (χ3n) is 10.3. The van der Waals surface area contributed by atoms with Crippen molar-refractivity contribution in [2.24, 2.45) is 10.9 Å². The fraction of sp³-hybridized carbons (Fsp3) is 0.200. The normalized spacial score (nSPS) is 22.1. The van der Waals surface area contributed by atoms with Crippen molar-refractivity contribution in [3.8, 4) is 0 Å². The quantitative estimate of drug-likeness (QED) is 0.104. The molecule has 3 aliphatic heterocycles. The van der Waals surface area contributed by atoms with E-state index in [4.69, 9.17) is 4.99 Å². The summed E-state index contributed by atoms with van der Waals surface area (Å²) in [5.74, 6) is 1.98. The van der Waals surface area contributed by atoms with Gasteiger partial charge < -0.3 is 10.0 Å². The Morgan fingerprint density at radius 3 is 2.46 bits per heavy atom. The zero-order valence-electron chi connectivity index (χ0n) is 33.4. The highest BCUT2D eigenvalue weighted by atomic mass is 16.3. The minimum atomic E-state index is -0.459. The molecule has 0 spiro atoms. The summed E-state index contributed by atoms with van der Waals surface area (Å²) in [7, 11) is 2.07. The Morgan fingerprint density at radius 1 is 0.946 bits per heavy atom. The van der Waals surface area contributed by atoms with Gasteiger partial charge in [0, 0.05) is 35.7 Å². The predicted molar refractivity (Wildman–Crippen MR) is 238 cm³/mol. The van der Waals surface area contributed by atoms with E-state index in [-0.39, 0.29) is 11.7 Å². The molecule has 3 heterocycles. The number of para-hydroxylation sites is 2. The average molecular weight is 741 g/mol. The lowest BCUT2D eigenvalue weighted by molar-refractivity contribution is -0.528. The molecule has 284 valence electrons. The van der Waals surface area contributed by atoms with E-state index >= 15 is 0 Å². The lowest BCUT2D eigenvalue weighted by Crippen LogP contribution is -2.53. The number of fused-ring (bicyclic) bond motifs is 1. The second-order valence-electron chi connectivity index (χ2n) is 14.1. The fourth-order valence-corrected chi connectivity index (χ4v) is 7.69. The first-order chi connectivity index (χ1) is 27.3. The Bertz CT molecular complexity index is 2260. The third-order valence-corrected chi connectivity index (χ3v) is 10.3.